The number of nitrogens with two attached hydrogens (primary N) is 1. The van der Waals surface area contributed by atoms with Gasteiger partial charge in [-0.25, -0.2) is 9.36 Å². The van der Waals surface area contributed by atoms with E-state index in [0.717, 1.165) is 42.0 Å². The minimum atomic E-state index is -0.151. The number of allylic oxidation sites excluding steroid dienone is 5. The second kappa shape index (κ2) is 11.6. The van der Waals surface area contributed by atoms with E-state index in [1.54, 1.807) is 55.4 Å². The van der Waals surface area contributed by atoms with Crippen LogP contribution >= 0.6 is 0 Å². The van der Waals surface area contributed by atoms with Crippen LogP contribution in [0.3, 0.4) is 0 Å². The average Bonchev–Trinajstić information content (AvgIpc) is 3.55. The van der Waals surface area contributed by atoms with Crippen LogP contribution in [0.1, 0.15) is 49.7 Å². The topological polar surface area (TPSA) is 130 Å². The molecule has 2 aromatic heterocycles. The molecule has 0 aliphatic carbocycles. The van der Waals surface area contributed by atoms with Crippen molar-refractivity contribution < 1.29 is 14.3 Å². The molecule has 1 unspecified atom stereocenters. The lowest BCUT2D eigenvalue weighted by Gasteiger charge is -2.23. The van der Waals surface area contributed by atoms with E-state index < -0.39 is 0 Å². The molecule has 0 saturated carbocycles. The van der Waals surface area contributed by atoms with Crippen LogP contribution in [0.5, 0.6) is 0 Å². The number of carbonyl (C=O) groups excluding carboxylic acids is 2. The summed E-state index contributed by atoms with van der Waals surface area (Å²) in [6.07, 6.45) is 13.8. The van der Waals surface area contributed by atoms with Crippen molar-refractivity contribution in [2.45, 2.75) is 45.9 Å². The molecule has 1 aliphatic heterocycles. The van der Waals surface area contributed by atoms with Crippen molar-refractivity contribution in [2.75, 3.05) is 6.61 Å². The van der Waals surface area contributed by atoms with Crippen molar-refractivity contribution in [1.82, 2.24) is 30.1 Å². The number of nitrogens with zero attached hydrogens (tertiary/aromatic N) is 5. The van der Waals surface area contributed by atoms with Gasteiger partial charge in [0.1, 0.15) is 12.0 Å². The van der Waals surface area contributed by atoms with E-state index in [-0.39, 0.29) is 18.6 Å². The molecule has 0 amide bonds. The zero-order chi connectivity index (χ0) is 26.4. The van der Waals surface area contributed by atoms with Crippen molar-refractivity contribution in [1.29, 1.82) is 0 Å². The number of rotatable bonds is 10. The first-order chi connectivity index (χ1) is 17.9. The highest BCUT2D eigenvalue weighted by Crippen LogP contribution is 2.32. The summed E-state index contributed by atoms with van der Waals surface area (Å²) in [6.45, 7) is 8.20. The molecule has 0 spiro atoms. The number of ketones is 1. The van der Waals surface area contributed by atoms with Crippen molar-refractivity contribution in [3.05, 3.63) is 78.1 Å². The molecule has 1 aromatic carbocycles. The number of benzene rings is 1. The number of nitrogens with one attached hydrogen (secondary N) is 1. The number of hydrogen-bond donors (Lipinski definition) is 2. The molecular weight excluding hydrogens is 470 g/mol. The summed E-state index contributed by atoms with van der Waals surface area (Å²) in [6, 6.07) is 3.68. The fourth-order valence-corrected chi connectivity index (χ4v) is 4.07. The van der Waals surface area contributed by atoms with E-state index in [0.29, 0.717) is 34.8 Å². The lowest BCUT2D eigenvalue weighted by atomic mass is 10.0. The molecule has 3 aromatic rings. The van der Waals surface area contributed by atoms with E-state index in [4.69, 9.17) is 10.5 Å². The molecule has 4 rings (SSSR count). The number of fused-ring (bicyclic) bond motifs is 1. The smallest absolute Gasteiger partial charge is 0.159 e. The van der Waals surface area contributed by atoms with Crippen LogP contribution in [0.2, 0.25) is 0 Å². The van der Waals surface area contributed by atoms with Gasteiger partial charge in [0, 0.05) is 46.3 Å². The Morgan fingerprint density at radius 2 is 2.16 bits per heavy atom. The molecular formula is C27H31N7O3. The van der Waals surface area contributed by atoms with Crippen LogP contribution in [0.25, 0.3) is 22.2 Å². The van der Waals surface area contributed by atoms with Crippen molar-refractivity contribution >= 4 is 23.0 Å². The fraction of sp³-hybridized carbons (Fsp3) is 0.296. The second-order valence-electron chi connectivity index (χ2n) is 8.85. The molecule has 3 heterocycles. The quantitative estimate of drug-likeness (QED) is 0.186. The lowest BCUT2D eigenvalue weighted by molar-refractivity contribution is -0.104. The molecule has 10 nitrogen and oxygen atoms in total. The SMILES string of the molecule is C=C(/C=C\C(C=O)=C/C)N/C=C(\N)Cn1cc(-c2cc(C(C)=O)cc3c2cnn3C2CCCCO2)nn1. The number of ether oxygens (including phenoxy) is 1. The highest BCUT2D eigenvalue weighted by atomic mass is 16.5. The maximum atomic E-state index is 12.3. The maximum Gasteiger partial charge on any atom is 0.159 e. The van der Waals surface area contributed by atoms with Gasteiger partial charge in [-0.3, -0.25) is 9.59 Å². The summed E-state index contributed by atoms with van der Waals surface area (Å²) in [7, 11) is 0. The predicted molar refractivity (Wildman–Crippen MR) is 141 cm³/mol. The number of carbonyl (C=O) groups is 2. The molecule has 1 saturated heterocycles. The van der Waals surface area contributed by atoms with Gasteiger partial charge in [-0.05, 0) is 51.3 Å². The first kappa shape index (κ1) is 25.8. The van der Waals surface area contributed by atoms with Crippen LogP contribution in [-0.2, 0) is 16.1 Å². The van der Waals surface area contributed by atoms with Gasteiger partial charge < -0.3 is 15.8 Å². The largest absolute Gasteiger partial charge is 0.399 e. The summed E-state index contributed by atoms with van der Waals surface area (Å²) in [5, 5.41) is 17.0. The van der Waals surface area contributed by atoms with Gasteiger partial charge in [-0.2, -0.15) is 5.10 Å². The van der Waals surface area contributed by atoms with Crippen LogP contribution in [0.4, 0.5) is 0 Å². The molecule has 0 radical (unpaired) electrons. The minimum absolute atomic E-state index is 0.0462. The normalized spacial score (nSPS) is 16.9. The van der Waals surface area contributed by atoms with Crippen molar-refractivity contribution in [3.8, 4) is 11.3 Å². The lowest BCUT2D eigenvalue weighted by Crippen LogP contribution is -2.19. The molecule has 37 heavy (non-hydrogen) atoms. The molecule has 1 atom stereocenters. The van der Waals surface area contributed by atoms with Gasteiger partial charge in [-0.1, -0.05) is 23.9 Å². The Bertz CT molecular complexity index is 1400. The predicted octanol–water partition coefficient (Wildman–Crippen LogP) is 3.80. The Labute approximate surface area is 215 Å². The Hall–Kier alpha value is -4.31. The Kier molecular flexibility index (Phi) is 8.09. The second-order valence-corrected chi connectivity index (χ2v) is 8.85. The standard InChI is InChI=1S/C27H31N7O3/c1-4-20(17-35)9-8-18(2)29-13-22(28)15-33-16-25(31-32-33)23-11-21(19(3)36)12-26-24(23)14-30-34(26)27-7-5-6-10-37-27/h4,8-9,11-14,16-17,27,29H,2,5-7,10,15,28H2,1,3H3/b9-8-,20-4+,22-13-. The molecule has 1 aliphatic rings. The van der Waals surface area contributed by atoms with Crippen LogP contribution < -0.4 is 11.1 Å². The van der Waals surface area contributed by atoms with Crippen molar-refractivity contribution in [3.63, 3.8) is 0 Å². The maximum absolute atomic E-state index is 12.3. The summed E-state index contributed by atoms with van der Waals surface area (Å²) >= 11 is 0. The third-order valence-corrected chi connectivity index (χ3v) is 6.10. The Morgan fingerprint density at radius 3 is 2.86 bits per heavy atom. The zero-order valence-corrected chi connectivity index (χ0v) is 21.1. The molecule has 1 fully saturated rings. The first-order valence-electron chi connectivity index (χ1n) is 12.1. The van der Waals surface area contributed by atoms with Crippen LogP contribution in [0, 0.1) is 0 Å². The van der Waals surface area contributed by atoms with Gasteiger partial charge in [0.2, 0.25) is 0 Å². The summed E-state index contributed by atoms with van der Waals surface area (Å²) < 4.78 is 9.41. The highest BCUT2D eigenvalue weighted by Gasteiger charge is 2.22. The van der Waals surface area contributed by atoms with Crippen molar-refractivity contribution in [2.24, 2.45) is 5.73 Å². The monoisotopic (exact) mass is 501 g/mol. The van der Waals surface area contributed by atoms with Gasteiger partial charge in [0.25, 0.3) is 0 Å². The molecule has 3 N–H and O–H groups in total. The van der Waals surface area contributed by atoms with E-state index in [9.17, 15) is 9.59 Å². The number of Topliss-reactive ketones (excluding diaryl/α,β-unsaturated/α-hetero) is 1. The van der Waals surface area contributed by atoms with E-state index in [1.807, 2.05) is 16.8 Å². The van der Waals surface area contributed by atoms with Crippen LogP contribution in [-0.4, -0.2) is 43.5 Å². The number of hydrogen-bond acceptors (Lipinski definition) is 8. The minimum Gasteiger partial charge on any atom is -0.399 e. The Morgan fingerprint density at radius 1 is 1.32 bits per heavy atom. The highest BCUT2D eigenvalue weighted by molar-refractivity contribution is 6.03. The third kappa shape index (κ3) is 6.10. The summed E-state index contributed by atoms with van der Waals surface area (Å²) in [5.41, 5.74) is 10.6. The third-order valence-electron chi connectivity index (χ3n) is 6.10. The fourth-order valence-electron chi connectivity index (χ4n) is 4.07. The summed E-state index contributed by atoms with van der Waals surface area (Å²) in [5.74, 6) is -0.0462. The van der Waals surface area contributed by atoms with Gasteiger partial charge >= 0.3 is 0 Å². The zero-order valence-electron chi connectivity index (χ0n) is 21.1. The Balaban J connectivity index is 1.55. The van der Waals surface area contributed by atoms with E-state index in [1.165, 1.54) is 0 Å². The molecule has 192 valence electrons. The summed E-state index contributed by atoms with van der Waals surface area (Å²) in [4.78, 5) is 23.2. The first-order valence-corrected chi connectivity index (χ1v) is 12.1. The number of aromatic nitrogens is 5. The van der Waals surface area contributed by atoms with E-state index in [2.05, 4.69) is 27.3 Å². The average molecular weight is 502 g/mol. The van der Waals surface area contributed by atoms with Gasteiger partial charge in [-0.15, -0.1) is 5.10 Å². The van der Waals surface area contributed by atoms with Gasteiger partial charge in [0.05, 0.1) is 24.5 Å². The molecule has 0 bridgehead atoms. The number of aldehydes is 1. The molecule has 10 heteroatoms. The van der Waals surface area contributed by atoms with Crippen LogP contribution in [0.15, 0.2) is 72.5 Å². The van der Waals surface area contributed by atoms with Gasteiger partial charge in [0.15, 0.2) is 12.0 Å². The van der Waals surface area contributed by atoms with E-state index >= 15 is 0 Å².